The number of carbonyl (C=O) groups excluding carboxylic acids is 2. The Labute approximate surface area is 177 Å². The minimum absolute atomic E-state index is 0.139. The van der Waals surface area contributed by atoms with Crippen molar-refractivity contribution in [2.45, 2.75) is 0 Å². The van der Waals surface area contributed by atoms with E-state index in [-0.39, 0.29) is 24.0 Å². The van der Waals surface area contributed by atoms with Crippen LogP contribution in [0, 0.1) is 11.6 Å². The second-order valence-corrected chi connectivity index (χ2v) is 7.05. The highest BCUT2D eigenvalue weighted by Gasteiger charge is 2.23. The number of rotatable bonds is 5. The zero-order valence-corrected chi connectivity index (χ0v) is 16.6. The fourth-order valence-corrected chi connectivity index (χ4v) is 3.41. The number of halogens is 2. The van der Waals surface area contributed by atoms with Crippen LogP contribution in [0.5, 0.6) is 0 Å². The largest absolute Gasteiger partial charge is 0.451 e. The van der Waals surface area contributed by atoms with Crippen molar-refractivity contribution in [3.05, 3.63) is 78.4 Å². The fraction of sp³-hybridized carbons (Fsp3) is 0.227. The van der Waals surface area contributed by atoms with Crippen molar-refractivity contribution in [1.29, 1.82) is 0 Å². The Morgan fingerprint density at radius 3 is 2.06 bits per heavy atom. The molecule has 3 aromatic rings. The molecule has 0 radical (unpaired) electrons. The van der Waals surface area contributed by atoms with Crippen molar-refractivity contribution in [3.8, 4) is 5.69 Å². The Hall–Kier alpha value is -3.75. The molecule has 160 valence electrons. The lowest BCUT2D eigenvalue weighted by Gasteiger charge is -2.36. The lowest BCUT2D eigenvalue weighted by molar-refractivity contribution is -0.134. The van der Waals surface area contributed by atoms with E-state index in [1.165, 1.54) is 53.5 Å². The van der Waals surface area contributed by atoms with Crippen LogP contribution in [0.2, 0.25) is 0 Å². The summed E-state index contributed by atoms with van der Waals surface area (Å²) in [6.07, 6.45) is 2.75. The van der Waals surface area contributed by atoms with Gasteiger partial charge in [-0.3, -0.25) is 9.36 Å². The summed E-state index contributed by atoms with van der Waals surface area (Å²) in [7, 11) is 0. The maximum absolute atomic E-state index is 13.1. The monoisotopic (exact) mass is 426 g/mol. The Kier molecular flexibility index (Phi) is 5.92. The van der Waals surface area contributed by atoms with Crippen LogP contribution >= 0.6 is 0 Å². The Balaban J connectivity index is 1.31. The number of imidazole rings is 1. The molecule has 0 atom stereocenters. The summed E-state index contributed by atoms with van der Waals surface area (Å²) in [5.74, 6) is -1.67. The van der Waals surface area contributed by atoms with E-state index in [1.54, 1.807) is 17.0 Å². The van der Waals surface area contributed by atoms with Gasteiger partial charge in [-0.2, -0.15) is 0 Å². The average Bonchev–Trinajstić information content (AvgIpc) is 3.28. The molecule has 7 nitrogen and oxygen atoms in total. The Morgan fingerprint density at radius 1 is 0.871 bits per heavy atom. The van der Waals surface area contributed by atoms with Gasteiger partial charge in [-0.1, -0.05) is 0 Å². The van der Waals surface area contributed by atoms with Gasteiger partial charge in [-0.25, -0.2) is 18.6 Å². The number of anilines is 1. The third-order valence-corrected chi connectivity index (χ3v) is 5.10. The molecule has 1 fully saturated rings. The van der Waals surface area contributed by atoms with E-state index in [2.05, 4.69) is 9.88 Å². The first-order valence-electron chi connectivity index (χ1n) is 9.75. The van der Waals surface area contributed by atoms with Crippen molar-refractivity contribution in [2.24, 2.45) is 0 Å². The second kappa shape index (κ2) is 8.95. The van der Waals surface area contributed by atoms with Crippen LogP contribution in [-0.4, -0.2) is 59.1 Å². The first-order chi connectivity index (χ1) is 15.0. The van der Waals surface area contributed by atoms with Gasteiger partial charge < -0.3 is 14.5 Å². The topological polar surface area (TPSA) is 67.7 Å². The molecule has 9 heteroatoms. The molecule has 0 unspecified atom stereocenters. The van der Waals surface area contributed by atoms with Crippen LogP contribution in [0.1, 0.15) is 10.5 Å². The predicted molar refractivity (Wildman–Crippen MR) is 109 cm³/mol. The van der Waals surface area contributed by atoms with E-state index in [0.717, 1.165) is 5.69 Å². The summed E-state index contributed by atoms with van der Waals surface area (Å²) in [6.45, 7) is 1.76. The molecule has 4 rings (SSSR count). The molecule has 2 heterocycles. The highest BCUT2D eigenvalue weighted by Crippen LogP contribution is 2.17. The van der Waals surface area contributed by atoms with Gasteiger partial charge in [0.2, 0.25) is 0 Å². The number of ether oxygens (including phenoxy) is 1. The molecule has 1 aromatic heterocycles. The van der Waals surface area contributed by atoms with Gasteiger partial charge in [-0.15, -0.1) is 0 Å². The van der Waals surface area contributed by atoms with Crippen LogP contribution < -0.4 is 4.90 Å². The summed E-state index contributed by atoms with van der Waals surface area (Å²) in [5.41, 5.74) is 1.59. The van der Waals surface area contributed by atoms with Crippen molar-refractivity contribution in [1.82, 2.24) is 14.5 Å². The minimum atomic E-state index is -0.694. The number of aromatic nitrogens is 2. The average molecular weight is 426 g/mol. The molecular weight excluding hydrogens is 406 g/mol. The van der Waals surface area contributed by atoms with Crippen LogP contribution in [0.3, 0.4) is 0 Å². The summed E-state index contributed by atoms with van der Waals surface area (Å²) >= 11 is 0. The highest BCUT2D eigenvalue weighted by molar-refractivity contribution is 5.90. The maximum atomic E-state index is 13.1. The SMILES string of the molecule is O=C(OCC(=O)N1CCN(c2ccc(F)cc2)CC1)c1cncn1-c1ccc(F)cc1. The van der Waals surface area contributed by atoms with Crippen LogP contribution in [-0.2, 0) is 9.53 Å². The van der Waals surface area contributed by atoms with E-state index in [4.69, 9.17) is 4.74 Å². The van der Waals surface area contributed by atoms with E-state index >= 15 is 0 Å². The number of nitrogens with zero attached hydrogens (tertiary/aromatic N) is 4. The molecule has 1 amide bonds. The Bertz CT molecular complexity index is 1060. The van der Waals surface area contributed by atoms with Crippen molar-refractivity contribution in [3.63, 3.8) is 0 Å². The standard InChI is InChI=1S/C22H20F2N4O3/c23-16-1-5-18(6-2-16)26-9-11-27(12-10-26)21(29)14-31-22(30)20-13-25-15-28(20)19-7-3-17(24)4-8-19/h1-8,13,15H,9-12,14H2. The molecule has 1 saturated heterocycles. The molecule has 31 heavy (non-hydrogen) atoms. The quantitative estimate of drug-likeness (QED) is 0.587. The minimum Gasteiger partial charge on any atom is -0.451 e. The summed E-state index contributed by atoms with van der Waals surface area (Å²) in [4.78, 5) is 32.6. The number of carbonyl (C=O) groups is 2. The normalized spacial score (nSPS) is 13.9. The lowest BCUT2D eigenvalue weighted by Crippen LogP contribution is -2.49. The third kappa shape index (κ3) is 4.71. The molecule has 0 bridgehead atoms. The lowest BCUT2D eigenvalue weighted by atomic mass is 10.2. The van der Waals surface area contributed by atoms with Gasteiger partial charge in [0.1, 0.15) is 11.6 Å². The third-order valence-electron chi connectivity index (χ3n) is 5.10. The summed E-state index contributed by atoms with van der Waals surface area (Å²) in [6, 6.07) is 11.8. The number of benzene rings is 2. The van der Waals surface area contributed by atoms with Crippen molar-refractivity contribution in [2.75, 3.05) is 37.7 Å². The second-order valence-electron chi connectivity index (χ2n) is 7.05. The van der Waals surface area contributed by atoms with Crippen LogP contribution in [0.4, 0.5) is 14.5 Å². The van der Waals surface area contributed by atoms with E-state index in [1.807, 2.05) is 0 Å². The highest BCUT2D eigenvalue weighted by atomic mass is 19.1. The van der Waals surface area contributed by atoms with Crippen LogP contribution in [0.15, 0.2) is 61.1 Å². The predicted octanol–water partition coefficient (Wildman–Crippen LogP) is 2.66. The van der Waals surface area contributed by atoms with Crippen molar-refractivity contribution >= 4 is 17.6 Å². The Morgan fingerprint density at radius 2 is 1.45 bits per heavy atom. The molecule has 2 aromatic carbocycles. The zero-order chi connectivity index (χ0) is 21.8. The molecule has 1 aliphatic heterocycles. The first-order valence-corrected chi connectivity index (χ1v) is 9.75. The molecule has 0 saturated carbocycles. The molecule has 0 N–H and O–H groups in total. The molecule has 0 aliphatic carbocycles. The number of amides is 1. The summed E-state index contributed by atoms with van der Waals surface area (Å²) < 4.78 is 32.9. The van der Waals surface area contributed by atoms with Crippen molar-refractivity contribution < 1.29 is 23.1 Å². The number of piperazine rings is 1. The van der Waals surface area contributed by atoms with E-state index < -0.39 is 11.8 Å². The summed E-state index contributed by atoms with van der Waals surface area (Å²) in [5, 5.41) is 0. The van der Waals surface area contributed by atoms with E-state index in [9.17, 15) is 18.4 Å². The number of esters is 1. The molecule has 0 spiro atoms. The smallest absolute Gasteiger partial charge is 0.357 e. The van der Waals surface area contributed by atoms with Gasteiger partial charge >= 0.3 is 5.97 Å². The fourth-order valence-electron chi connectivity index (χ4n) is 3.41. The van der Waals surface area contributed by atoms with Gasteiger partial charge in [-0.05, 0) is 48.5 Å². The van der Waals surface area contributed by atoms with Gasteiger partial charge in [0.05, 0.1) is 12.5 Å². The van der Waals surface area contributed by atoms with Gasteiger partial charge in [0.25, 0.3) is 5.91 Å². The zero-order valence-electron chi connectivity index (χ0n) is 16.6. The van der Waals surface area contributed by atoms with E-state index in [0.29, 0.717) is 31.9 Å². The van der Waals surface area contributed by atoms with Gasteiger partial charge in [0.15, 0.2) is 12.3 Å². The molecular formula is C22H20F2N4O3. The first kappa shape index (κ1) is 20.5. The number of hydrogen-bond donors (Lipinski definition) is 0. The molecule has 1 aliphatic rings. The van der Waals surface area contributed by atoms with Gasteiger partial charge in [0, 0.05) is 37.6 Å². The number of hydrogen-bond acceptors (Lipinski definition) is 5. The van der Waals surface area contributed by atoms with Crippen LogP contribution in [0.25, 0.3) is 5.69 Å². The maximum Gasteiger partial charge on any atom is 0.357 e.